The normalized spacial score (nSPS) is 5.33. The van der Waals surface area contributed by atoms with Crippen molar-refractivity contribution in [2.45, 2.75) is 0 Å². The first-order valence-corrected chi connectivity index (χ1v) is 0.952. The summed E-state index contributed by atoms with van der Waals surface area (Å²) in [4.78, 5) is 17.9. The van der Waals surface area contributed by atoms with Gasteiger partial charge in [0, 0.05) is 0 Å². The second-order valence-corrected chi connectivity index (χ2v) is 0.456. The van der Waals surface area contributed by atoms with Crippen LogP contribution >= 0.6 is 0 Å². The fraction of sp³-hybridized carbons (Fsp3) is 0. The minimum absolute atomic E-state index is 0. The van der Waals surface area contributed by atoms with E-state index in [1.54, 1.807) is 0 Å². The number of aldehydes is 1. The van der Waals surface area contributed by atoms with Crippen molar-refractivity contribution in [3.05, 3.63) is 0 Å². The fourth-order valence-corrected chi connectivity index (χ4v) is 0. The molecule has 0 spiro atoms. The average Bonchev–Trinajstić information content (AvgIpc) is 1.38. The summed E-state index contributed by atoms with van der Waals surface area (Å²) in [7, 11) is 0. The van der Waals surface area contributed by atoms with Gasteiger partial charge in [-0.2, -0.15) is 0 Å². The zero-order valence-electron chi connectivity index (χ0n) is 2.34. The van der Waals surface area contributed by atoms with Crippen molar-refractivity contribution in [2.75, 3.05) is 0 Å². The molecule has 0 atom stereocenters. The van der Waals surface area contributed by atoms with Crippen LogP contribution in [0.25, 0.3) is 0 Å². The van der Waals surface area contributed by atoms with Crippen LogP contribution in [-0.2, 0) is 9.59 Å². The summed E-state index contributed by atoms with van der Waals surface area (Å²) in [6, 6.07) is 0. The molecule has 0 radical (unpaired) electrons. The number of carbonyl (C=O) groups is 2. The van der Waals surface area contributed by atoms with E-state index in [4.69, 9.17) is 14.7 Å². The van der Waals surface area contributed by atoms with Crippen LogP contribution in [0.3, 0.4) is 0 Å². The average molecular weight is 114 g/mol. The molecule has 0 bridgehead atoms. The van der Waals surface area contributed by atoms with Crippen molar-refractivity contribution >= 4 is 63.6 Å². The molecule has 4 heteroatoms. The molecule has 3 nitrogen and oxygen atoms in total. The van der Waals surface area contributed by atoms with E-state index < -0.39 is 5.97 Å². The van der Waals surface area contributed by atoms with Gasteiger partial charge < -0.3 is 5.11 Å². The zero-order chi connectivity index (χ0) is 4.28. The van der Waals surface area contributed by atoms with Crippen LogP contribution in [0.1, 0.15) is 0 Å². The molecule has 0 unspecified atom stereocenters. The van der Waals surface area contributed by atoms with Gasteiger partial charge in [0.05, 0.1) is 0 Å². The Bertz CT molecular complexity index is 59.8. The first kappa shape index (κ1) is 9.91. The molecule has 1 N–H and O–H groups in total. The first-order chi connectivity index (χ1) is 2.27. The summed E-state index contributed by atoms with van der Waals surface area (Å²) < 4.78 is 0. The van der Waals surface area contributed by atoms with E-state index in [0.29, 0.717) is 0 Å². The third kappa shape index (κ3) is 8.84. The van der Waals surface area contributed by atoms with Crippen LogP contribution in [0.5, 0.6) is 0 Å². The van der Waals surface area contributed by atoms with Gasteiger partial charge in [-0.1, -0.05) is 0 Å². The summed E-state index contributed by atoms with van der Waals surface area (Å²) in [5.41, 5.74) is 0. The number of carbonyl (C=O) groups excluding carboxylic acids is 1. The molecule has 0 aromatic carbocycles. The van der Waals surface area contributed by atoms with Crippen LogP contribution in [0.4, 0.5) is 0 Å². The molecule has 30 valence electrons. The first-order valence-electron chi connectivity index (χ1n) is 0.952. The van der Waals surface area contributed by atoms with Crippen molar-refractivity contribution in [3.8, 4) is 0 Å². The third-order valence-electron chi connectivity index (χ3n) is 0.101. The number of rotatable bonds is 1. The van der Waals surface area contributed by atoms with Gasteiger partial charge in [0.2, 0.25) is 6.29 Å². The van der Waals surface area contributed by atoms with Gasteiger partial charge in [0.15, 0.2) is 0 Å². The van der Waals surface area contributed by atoms with Gasteiger partial charge in [0.1, 0.15) is 0 Å². The van der Waals surface area contributed by atoms with Crippen molar-refractivity contribution in [1.29, 1.82) is 0 Å². The van der Waals surface area contributed by atoms with Crippen LogP contribution in [0, 0.1) is 0 Å². The Morgan fingerprint density at radius 1 is 1.67 bits per heavy atom. The van der Waals surface area contributed by atoms with Crippen LogP contribution in [0.2, 0.25) is 0 Å². The van der Waals surface area contributed by atoms with Crippen molar-refractivity contribution in [3.63, 3.8) is 0 Å². The Morgan fingerprint density at radius 3 is 1.83 bits per heavy atom. The van der Waals surface area contributed by atoms with E-state index in [2.05, 4.69) is 0 Å². The molecule has 0 aromatic rings. The van der Waals surface area contributed by atoms with Crippen molar-refractivity contribution < 1.29 is 14.7 Å². The Labute approximate surface area is 77.1 Å². The second kappa shape index (κ2) is 5.78. The molecule has 0 aliphatic heterocycles. The predicted octanol–water partition coefficient (Wildman–Crippen LogP) is -1.38. The van der Waals surface area contributed by atoms with Gasteiger partial charge in [0.25, 0.3) is 0 Å². The molecule has 0 aliphatic carbocycles. The Morgan fingerprint density at radius 2 is 1.83 bits per heavy atom. The molecular formula is C2H3KO3. The molecule has 0 heterocycles. The summed E-state index contributed by atoms with van der Waals surface area (Å²) in [5, 5.41) is 7.35. The zero-order valence-corrected chi connectivity index (χ0v) is 2.34. The monoisotopic (exact) mass is 114 g/mol. The quantitative estimate of drug-likeness (QED) is 0.260. The molecular weight excluding hydrogens is 111 g/mol. The van der Waals surface area contributed by atoms with E-state index in [0.717, 1.165) is 0 Å². The molecule has 0 saturated heterocycles. The molecule has 6 heavy (non-hydrogen) atoms. The molecule has 0 saturated carbocycles. The van der Waals surface area contributed by atoms with Gasteiger partial charge in [-0.3, -0.25) is 4.79 Å². The molecule has 0 aliphatic rings. The summed E-state index contributed by atoms with van der Waals surface area (Å²) in [6.45, 7) is 0. The number of hydrogen-bond donors (Lipinski definition) is 1. The standard InChI is InChI=1S/C2H2O3.K.H/c3-1-2(4)5;;/h1H,(H,4,5);;. The summed E-state index contributed by atoms with van der Waals surface area (Å²) in [6.07, 6.45) is -0.167. The van der Waals surface area contributed by atoms with E-state index >= 15 is 0 Å². The molecule has 0 rings (SSSR count). The van der Waals surface area contributed by atoms with Gasteiger partial charge >= 0.3 is 57.4 Å². The second-order valence-electron chi connectivity index (χ2n) is 0.456. The van der Waals surface area contributed by atoms with Gasteiger partial charge in [-0.25, -0.2) is 4.79 Å². The molecule has 0 amide bonds. The van der Waals surface area contributed by atoms with Crippen molar-refractivity contribution in [2.24, 2.45) is 0 Å². The summed E-state index contributed by atoms with van der Waals surface area (Å²) >= 11 is 0. The van der Waals surface area contributed by atoms with Gasteiger partial charge in [-0.05, 0) is 0 Å². The van der Waals surface area contributed by atoms with E-state index in [9.17, 15) is 0 Å². The van der Waals surface area contributed by atoms with E-state index in [1.807, 2.05) is 0 Å². The number of aliphatic carboxylic acids is 1. The van der Waals surface area contributed by atoms with Crippen LogP contribution in [-0.4, -0.2) is 68.7 Å². The van der Waals surface area contributed by atoms with E-state index in [1.165, 1.54) is 0 Å². The van der Waals surface area contributed by atoms with Gasteiger partial charge in [-0.15, -0.1) is 0 Å². The summed E-state index contributed by atoms with van der Waals surface area (Å²) in [5.74, 6) is -1.43. The Kier molecular flexibility index (Phi) is 9.54. The number of carboxylic acid groups (broad SMARTS) is 1. The maximum atomic E-state index is 9.00. The van der Waals surface area contributed by atoms with Crippen molar-refractivity contribution in [1.82, 2.24) is 0 Å². The van der Waals surface area contributed by atoms with E-state index in [-0.39, 0.29) is 57.7 Å². The number of carboxylic acids is 1. The SMILES string of the molecule is O=CC(=O)O.[KH]. The molecule has 0 aromatic heterocycles. The minimum atomic E-state index is -1.43. The Hall–Kier alpha value is 0.776. The number of hydrogen-bond acceptors (Lipinski definition) is 2. The third-order valence-corrected chi connectivity index (χ3v) is 0.101. The van der Waals surface area contributed by atoms with Crippen LogP contribution < -0.4 is 0 Å². The predicted molar refractivity (Wildman–Crippen MR) is 20.8 cm³/mol. The Balaban J connectivity index is 0. The topological polar surface area (TPSA) is 54.4 Å². The fourth-order valence-electron chi connectivity index (χ4n) is 0. The molecule has 0 fully saturated rings. The maximum absolute atomic E-state index is 9.00. The van der Waals surface area contributed by atoms with Crippen LogP contribution in [0.15, 0.2) is 0 Å².